The first-order chi connectivity index (χ1) is 15.7. The number of aliphatic hydroxyl groups is 1. The highest BCUT2D eigenvalue weighted by molar-refractivity contribution is 5.32. The Hall–Kier alpha value is -3.64. The fourth-order valence-corrected chi connectivity index (χ4v) is 3.35. The molecule has 4 rings (SSSR count). The normalized spacial score (nSPS) is 14.2. The van der Waals surface area contributed by atoms with Crippen LogP contribution in [0, 0.1) is 23.3 Å². The van der Waals surface area contributed by atoms with E-state index in [0.29, 0.717) is 6.07 Å². The lowest BCUT2D eigenvalue weighted by molar-refractivity contribution is -0.124. The molecule has 0 fully saturated rings. The fraction of sp³-hybridized carbons (Fsp3) is 0.238. The molecule has 33 heavy (non-hydrogen) atoms. The van der Waals surface area contributed by atoms with Gasteiger partial charge in [-0.3, -0.25) is 0 Å². The van der Waals surface area contributed by atoms with Crippen molar-refractivity contribution in [2.24, 2.45) is 0 Å². The maximum absolute atomic E-state index is 14.6. The second-order valence-electron chi connectivity index (χ2n) is 7.38. The molecular formula is C21H18F4N6O2. The Morgan fingerprint density at radius 3 is 2.48 bits per heavy atom. The van der Waals surface area contributed by atoms with E-state index in [0.717, 1.165) is 35.0 Å². The van der Waals surface area contributed by atoms with Crippen molar-refractivity contribution in [3.05, 3.63) is 89.8 Å². The standard InChI is InChI=1S/C21H18F4N6O2/c1-13(33-9-17-8-31(29-28-17)18-5-15(23)4-16(24)6-18)21(32,10-30-12-26-11-27-30)19-3-2-14(22)7-20(19)25/h2-8,11-13,32H,9-10H2,1H3/t13-,21-/m1/s1. The molecule has 0 unspecified atom stereocenters. The Kier molecular flexibility index (Phi) is 6.20. The summed E-state index contributed by atoms with van der Waals surface area (Å²) >= 11 is 0. The van der Waals surface area contributed by atoms with Crippen molar-refractivity contribution in [1.82, 2.24) is 29.8 Å². The van der Waals surface area contributed by atoms with Crippen molar-refractivity contribution in [3.8, 4) is 5.69 Å². The summed E-state index contributed by atoms with van der Waals surface area (Å²) in [6.45, 7) is 1.11. The molecule has 8 nitrogen and oxygen atoms in total. The van der Waals surface area contributed by atoms with Crippen molar-refractivity contribution in [2.75, 3.05) is 0 Å². The lowest BCUT2D eigenvalue weighted by Gasteiger charge is -2.34. The zero-order chi connectivity index (χ0) is 23.6. The van der Waals surface area contributed by atoms with E-state index in [1.165, 1.54) is 30.5 Å². The zero-order valence-electron chi connectivity index (χ0n) is 17.2. The van der Waals surface area contributed by atoms with Crippen LogP contribution >= 0.6 is 0 Å². The van der Waals surface area contributed by atoms with Crippen LogP contribution in [0.1, 0.15) is 18.2 Å². The van der Waals surface area contributed by atoms with Crippen LogP contribution < -0.4 is 0 Å². The fourth-order valence-electron chi connectivity index (χ4n) is 3.35. The third kappa shape index (κ3) is 4.91. The van der Waals surface area contributed by atoms with E-state index < -0.39 is 35.0 Å². The Balaban J connectivity index is 1.55. The van der Waals surface area contributed by atoms with Crippen molar-refractivity contribution in [3.63, 3.8) is 0 Å². The topological polar surface area (TPSA) is 90.9 Å². The SMILES string of the molecule is C[C@@H](OCc1cn(-c2cc(F)cc(F)c2)nn1)[C@](O)(Cn1cncn1)c1ccc(F)cc1F. The number of hydrogen-bond donors (Lipinski definition) is 1. The minimum Gasteiger partial charge on any atom is -0.380 e. The van der Waals surface area contributed by atoms with Crippen LogP contribution in [0.25, 0.3) is 5.69 Å². The first kappa shape index (κ1) is 22.6. The van der Waals surface area contributed by atoms with Gasteiger partial charge in [-0.05, 0) is 25.1 Å². The van der Waals surface area contributed by atoms with Crippen LogP contribution in [0.4, 0.5) is 17.6 Å². The van der Waals surface area contributed by atoms with Gasteiger partial charge in [-0.2, -0.15) is 5.10 Å². The summed E-state index contributed by atoms with van der Waals surface area (Å²) in [5, 5.41) is 23.1. The summed E-state index contributed by atoms with van der Waals surface area (Å²) in [4.78, 5) is 3.81. The number of aromatic nitrogens is 6. The van der Waals surface area contributed by atoms with E-state index in [4.69, 9.17) is 4.74 Å². The van der Waals surface area contributed by atoms with E-state index in [9.17, 15) is 22.7 Å². The summed E-state index contributed by atoms with van der Waals surface area (Å²) in [5.74, 6) is -3.29. The first-order valence-corrected chi connectivity index (χ1v) is 9.74. The Morgan fingerprint density at radius 1 is 1.06 bits per heavy atom. The summed E-state index contributed by atoms with van der Waals surface area (Å²) in [7, 11) is 0. The molecule has 2 aromatic carbocycles. The Bertz CT molecular complexity index is 1230. The molecule has 4 aromatic rings. The van der Waals surface area contributed by atoms with Gasteiger partial charge < -0.3 is 9.84 Å². The van der Waals surface area contributed by atoms with Crippen LogP contribution in [-0.2, 0) is 23.5 Å². The predicted molar refractivity (Wildman–Crippen MR) is 106 cm³/mol. The molecule has 2 heterocycles. The van der Waals surface area contributed by atoms with E-state index in [1.807, 2.05) is 0 Å². The third-order valence-corrected chi connectivity index (χ3v) is 5.07. The quantitative estimate of drug-likeness (QED) is 0.405. The molecule has 12 heteroatoms. The molecule has 0 saturated heterocycles. The molecule has 0 aliphatic rings. The number of halogens is 4. The van der Waals surface area contributed by atoms with Crippen LogP contribution in [0.15, 0.2) is 55.2 Å². The summed E-state index contributed by atoms with van der Waals surface area (Å²) < 4.78 is 63.1. The Morgan fingerprint density at radius 2 is 1.82 bits per heavy atom. The Labute approximate surface area is 185 Å². The zero-order valence-corrected chi connectivity index (χ0v) is 17.2. The van der Waals surface area contributed by atoms with Gasteiger partial charge in [-0.15, -0.1) is 5.10 Å². The summed E-state index contributed by atoms with van der Waals surface area (Å²) in [5.41, 5.74) is -1.73. The summed E-state index contributed by atoms with van der Waals surface area (Å²) in [6.07, 6.45) is 2.96. The van der Waals surface area contributed by atoms with Gasteiger partial charge in [-0.1, -0.05) is 11.3 Å². The largest absolute Gasteiger partial charge is 0.380 e. The average molecular weight is 462 g/mol. The highest BCUT2D eigenvalue weighted by Gasteiger charge is 2.40. The van der Waals surface area contributed by atoms with Crippen molar-refractivity contribution in [2.45, 2.75) is 31.8 Å². The molecule has 0 amide bonds. The third-order valence-electron chi connectivity index (χ3n) is 5.07. The molecule has 0 radical (unpaired) electrons. The van der Waals surface area contributed by atoms with E-state index in [2.05, 4.69) is 20.4 Å². The summed E-state index contributed by atoms with van der Waals surface area (Å²) in [6, 6.07) is 5.73. The molecule has 1 N–H and O–H groups in total. The molecule has 172 valence electrons. The lowest BCUT2D eigenvalue weighted by Crippen LogP contribution is -2.44. The number of benzene rings is 2. The van der Waals surface area contributed by atoms with Gasteiger partial charge in [-0.25, -0.2) is 31.9 Å². The van der Waals surface area contributed by atoms with Crippen LogP contribution in [0.3, 0.4) is 0 Å². The van der Waals surface area contributed by atoms with Gasteiger partial charge in [0.15, 0.2) is 0 Å². The highest BCUT2D eigenvalue weighted by Crippen LogP contribution is 2.32. The number of hydrogen-bond acceptors (Lipinski definition) is 6. The number of ether oxygens (including phenoxy) is 1. The van der Waals surface area contributed by atoms with Gasteiger partial charge in [0.05, 0.1) is 31.1 Å². The highest BCUT2D eigenvalue weighted by atomic mass is 19.1. The maximum Gasteiger partial charge on any atom is 0.138 e. The van der Waals surface area contributed by atoms with E-state index in [1.54, 1.807) is 0 Å². The van der Waals surface area contributed by atoms with Crippen molar-refractivity contribution < 1.29 is 27.4 Å². The molecular weight excluding hydrogens is 444 g/mol. The lowest BCUT2D eigenvalue weighted by atomic mass is 9.88. The molecule has 0 aliphatic carbocycles. The monoisotopic (exact) mass is 462 g/mol. The smallest absolute Gasteiger partial charge is 0.138 e. The average Bonchev–Trinajstić information content (AvgIpc) is 3.43. The van der Waals surface area contributed by atoms with Crippen molar-refractivity contribution >= 4 is 0 Å². The second kappa shape index (κ2) is 9.08. The van der Waals surface area contributed by atoms with Gasteiger partial charge in [0.1, 0.15) is 47.2 Å². The number of nitrogens with zero attached hydrogens (tertiary/aromatic N) is 6. The van der Waals surface area contributed by atoms with E-state index in [-0.39, 0.29) is 30.1 Å². The first-order valence-electron chi connectivity index (χ1n) is 9.74. The predicted octanol–water partition coefficient (Wildman–Crippen LogP) is 2.91. The molecule has 2 atom stereocenters. The molecule has 0 bridgehead atoms. The van der Waals surface area contributed by atoms with Crippen LogP contribution in [-0.4, -0.2) is 41.0 Å². The van der Waals surface area contributed by atoms with Crippen LogP contribution in [0.2, 0.25) is 0 Å². The van der Waals surface area contributed by atoms with Gasteiger partial charge in [0.2, 0.25) is 0 Å². The maximum atomic E-state index is 14.6. The molecule has 0 spiro atoms. The molecule has 0 aliphatic heterocycles. The minimum absolute atomic E-state index is 0.121. The van der Waals surface area contributed by atoms with Gasteiger partial charge in [0, 0.05) is 17.7 Å². The minimum atomic E-state index is -1.95. The van der Waals surface area contributed by atoms with Gasteiger partial charge in [0.25, 0.3) is 0 Å². The number of rotatable bonds is 8. The molecule has 0 saturated carbocycles. The van der Waals surface area contributed by atoms with Gasteiger partial charge >= 0.3 is 0 Å². The van der Waals surface area contributed by atoms with Crippen molar-refractivity contribution in [1.29, 1.82) is 0 Å². The van der Waals surface area contributed by atoms with E-state index >= 15 is 0 Å². The van der Waals surface area contributed by atoms with Crippen LogP contribution in [0.5, 0.6) is 0 Å². The molecule has 2 aromatic heterocycles. The second-order valence-corrected chi connectivity index (χ2v) is 7.38.